The van der Waals surface area contributed by atoms with Gasteiger partial charge in [-0.15, -0.1) is 0 Å². The van der Waals surface area contributed by atoms with Crippen molar-refractivity contribution >= 4 is 10.8 Å². The maximum atomic E-state index is 9.97. The summed E-state index contributed by atoms with van der Waals surface area (Å²) >= 11 is 0. The number of aliphatic hydroxyl groups excluding tert-OH is 1. The molecular formula is C18H25NO2. The molecule has 0 saturated heterocycles. The molecule has 0 heterocycles. The van der Waals surface area contributed by atoms with E-state index < -0.39 is 6.10 Å². The third-order valence-electron chi connectivity index (χ3n) is 3.91. The average molecular weight is 287 g/mol. The molecule has 114 valence electrons. The van der Waals surface area contributed by atoms with Gasteiger partial charge in [0, 0.05) is 17.5 Å². The van der Waals surface area contributed by atoms with Gasteiger partial charge in [0.05, 0.1) is 6.10 Å². The summed E-state index contributed by atoms with van der Waals surface area (Å²) in [4.78, 5) is 2.33. The average Bonchev–Trinajstić information content (AvgIpc) is 2.51. The Balaban J connectivity index is 2.25. The molecule has 3 heteroatoms. The minimum Gasteiger partial charge on any atom is -0.491 e. The molecule has 0 spiro atoms. The fourth-order valence-electron chi connectivity index (χ4n) is 2.57. The number of hydrogen-bond acceptors (Lipinski definition) is 3. The summed E-state index contributed by atoms with van der Waals surface area (Å²) < 4.78 is 6.04. The summed E-state index contributed by atoms with van der Waals surface area (Å²) in [6, 6.07) is 12.1. The van der Waals surface area contributed by atoms with Crippen LogP contribution in [0.1, 0.15) is 32.4 Å². The monoisotopic (exact) mass is 287 g/mol. The van der Waals surface area contributed by atoms with Gasteiger partial charge in [-0.2, -0.15) is 0 Å². The third-order valence-corrected chi connectivity index (χ3v) is 3.91. The Labute approximate surface area is 127 Å². The van der Waals surface area contributed by atoms with Crippen molar-refractivity contribution in [1.29, 1.82) is 0 Å². The normalized spacial score (nSPS) is 12.8. The van der Waals surface area contributed by atoms with Crippen molar-refractivity contribution < 1.29 is 9.84 Å². The van der Waals surface area contributed by atoms with Crippen molar-refractivity contribution in [3.63, 3.8) is 0 Å². The van der Waals surface area contributed by atoms with E-state index in [-0.39, 0.29) is 0 Å². The first-order valence-electron chi connectivity index (χ1n) is 7.72. The molecule has 1 N–H and O–H groups in total. The summed E-state index contributed by atoms with van der Waals surface area (Å²) in [6.45, 7) is 9.68. The lowest BCUT2D eigenvalue weighted by atomic mass is 10.0. The number of hydrogen-bond donors (Lipinski definition) is 1. The van der Waals surface area contributed by atoms with Gasteiger partial charge in [0.2, 0.25) is 0 Å². The number of ether oxygens (including phenoxy) is 1. The molecule has 2 aromatic carbocycles. The molecule has 2 rings (SSSR count). The zero-order valence-electron chi connectivity index (χ0n) is 13.2. The Kier molecular flexibility index (Phi) is 5.59. The molecule has 0 fully saturated rings. The Hall–Kier alpha value is -1.58. The first kappa shape index (κ1) is 15.8. The minimum atomic E-state index is -0.530. The van der Waals surface area contributed by atoms with Crippen molar-refractivity contribution in [3.05, 3.63) is 42.0 Å². The van der Waals surface area contributed by atoms with Crippen LogP contribution in [0.3, 0.4) is 0 Å². The molecule has 0 aliphatic carbocycles. The summed E-state index contributed by atoms with van der Waals surface area (Å²) in [7, 11) is 0. The van der Waals surface area contributed by atoms with E-state index in [9.17, 15) is 5.11 Å². The van der Waals surface area contributed by atoms with Crippen LogP contribution in [0.2, 0.25) is 0 Å². The first-order chi connectivity index (χ1) is 10.2. The Bertz CT molecular complexity index is 576. The predicted molar refractivity (Wildman–Crippen MR) is 87.9 cm³/mol. The molecule has 2 aromatic rings. The molecule has 1 atom stereocenters. The molecule has 0 radical (unpaired) electrons. The van der Waals surface area contributed by atoms with Crippen LogP contribution in [0.15, 0.2) is 36.4 Å². The summed E-state index contributed by atoms with van der Waals surface area (Å²) in [6.07, 6.45) is -0.530. The van der Waals surface area contributed by atoms with E-state index in [4.69, 9.17) is 4.74 Å². The SMILES string of the molecule is CCN(CC)CCOc1c(C(C)O)ccc2ccccc12. The third kappa shape index (κ3) is 3.74. The molecule has 1 unspecified atom stereocenters. The number of fused-ring (bicyclic) bond motifs is 1. The van der Waals surface area contributed by atoms with Gasteiger partial charge < -0.3 is 14.7 Å². The highest BCUT2D eigenvalue weighted by Crippen LogP contribution is 2.33. The van der Waals surface area contributed by atoms with Crippen LogP contribution in [-0.4, -0.2) is 36.2 Å². The molecule has 0 aliphatic heterocycles. The van der Waals surface area contributed by atoms with E-state index >= 15 is 0 Å². The molecular weight excluding hydrogens is 262 g/mol. The molecule has 0 aliphatic rings. The fourth-order valence-corrected chi connectivity index (χ4v) is 2.57. The van der Waals surface area contributed by atoms with Crippen molar-refractivity contribution in [2.75, 3.05) is 26.2 Å². The van der Waals surface area contributed by atoms with Crippen molar-refractivity contribution in [2.45, 2.75) is 26.9 Å². The Morgan fingerprint density at radius 3 is 2.48 bits per heavy atom. The summed E-state index contributed by atoms with van der Waals surface area (Å²) in [5.74, 6) is 0.815. The molecule has 0 amide bonds. The van der Waals surface area contributed by atoms with Crippen molar-refractivity contribution in [1.82, 2.24) is 4.90 Å². The van der Waals surface area contributed by atoms with Gasteiger partial charge in [-0.25, -0.2) is 0 Å². The van der Waals surface area contributed by atoms with Crippen LogP contribution >= 0.6 is 0 Å². The standard InChI is InChI=1S/C18H25NO2/c1-4-19(5-2)12-13-21-18-16(14(3)20)11-10-15-8-6-7-9-17(15)18/h6-11,14,20H,4-5,12-13H2,1-3H3. The number of benzene rings is 2. The number of rotatable bonds is 7. The largest absolute Gasteiger partial charge is 0.491 e. The van der Waals surface area contributed by atoms with Gasteiger partial charge in [-0.1, -0.05) is 50.2 Å². The highest BCUT2D eigenvalue weighted by atomic mass is 16.5. The zero-order valence-corrected chi connectivity index (χ0v) is 13.2. The molecule has 3 nitrogen and oxygen atoms in total. The van der Waals surface area contributed by atoms with E-state index in [1.54, 1.807) is 6.92 Å². The van der Waals surface area contributed by atoms with E-state index in [2.05, 4.69) is 24.8 Å². The van der Waals surface area contributed by atoms with Gasteiger partial charge in [0.15, 0.2) is 0 Å². The fraction of sp³-hybridized carbons (Fsp3) is 0.444. The second-order valence-corrected chi connectivity index (χ2v) is 5.26. The van der Waals surface area contributed by atoms with Gasteiger partial charge in [-0.05, 0) is 25.4 Å². The highest BCUT2D eigenvalue weighted by Gasteiger charge is 2.13. The molecule has 21 heavy (non-hydrogen) atoms. The molecule has 0 bridgehead atoms. The van der Waals surface area contributed by atoms with Crippen LogP contribution in [0.25, 0.3) is 10.8 Å². The zero-order chi connectivity index (χ0) is 15.2. The quantitative estimate of drug-likeness (QED) is 0.844. The highest BCUT2D eigenvalue weighted by molar-refractivity contribution is 5.89. The van der Waals surface area contributed by atoms with E-state index in [0.717, 1.165) is 41.7 Å². The van der Waals surface area contributed by atoms with Gasteiger partial charge in [0.25, 0.3) is 0 Å². The predicted octanol–water partition coefficient (Wildman–Crippen LogP) is 3.61. The van der Waals surface area contributed by atoms with Crippen LogP contribution in [0.4, 0.5) is 0 Å². The van der Waals surface area contributed by atoms with E-state index in [1.807, 2.05) is 30.3 Å². The van der Waals surface area contributed by atoms with Crippen molar-refractivity contribution in [2.24, 2.45) is 0 Å². The maximum absolute atomic E-state index is 9.97. The van der Waals surface area contributed by atoms with Gasteiger partial charge in [-0.3, -0.25) is 0 Å². The Morgan fingerprint density at radius 1 is 1.10 bits per heavy atom. The Morgan fingerprint density at radius 2 is 1.81 bits per heavy atom. The van der Waals surface area contributed by atoms with Crippen LogP contribution in [-0.2, 0) is 0 Å². The van der Waals surface area contributed by atoms with E-state index in [1.165, 1.54) is 0 Å². The van der Waals surface area contributed by atoms with Crippen molar-refractivity contribution in [3.8, 4) is 5.75 Å². The lowest BCUT2D eigenvalue weighted by molar-refractivity contribution is 0.185. The first-order valence-corrected chi connectivity index (χ1v) is 7.72. The van der Waals surface area contributed by atoms with Crippen LogP contribution in [0, 0.1) is 0 Å². The lowest BCUT2D eigenvalue weighted by Crippen LogP contribution is -2.28. The second kappa shape index (κ2) is 7.43. The summed E-state index contributed by atoms with van der Waals surface area (Å²) in [5.41, 5.74) is 0.855. The smallest absolute Gasteiger partial charge is 0.132 e. The molecule has 0 aromatic heterocycles. The topological polar surface area (TPSA) is 32.7 Å². The summed E-state index contributed by atoms with van der Waals surface area (Å²) in [5, 5.41) is 12.2. The lowest BCUT2D eigenvalue weighted by Gasteiger charge is -2.20. The van der Waals surface area contributed by atoms with Crippen LogP contribution in [0.5, 0.6) is 5.75 Å². The van der Waals surface area contributed by atoms with Crippen LogP contribution < -0.4 is 4.74 Å². The maximum Gasteiger partial charge on any atom is 0.132 e. The number of aliphatic hydroxyl groups is 1. The number of nitrogens with zero attached hydrogens (tertiary/aromatic N) is 1. The van der Waals surface area contributed by atoms with Gasteiger partial charge >= 0.3 is 0 Å². The number of likely N-dealkylation sites (N-methyl/N-ethyl adjacent to an activating group) is 1. The molecule has 0 saturated carbocycles. The van der Waals surface area contributed by atoms with E-state index in [0.29, 0.717) is 6.61 Å². The second-order valence-electron chi connectivity index (χ2n) is 5.26. The minimum absolute atomic E-state index is 0.530. The van der Waals surface area contributed by atoms with Gasteiger partial charge in [0.1, 0.15) is 12.4 Å².